The topological polar surface area (TPSA) is 37.3 Å². The van der Waals surface area contributed by atoms with Crippen molar-refractivity contribution in [3.63, 3.8) is 0 Å². The molecule has 1 aromatic carbocycles. The van der Waals surface area contributed by atoms with Crippen molar-refractivity contribution in [3.8, 4) is 0 Å². The maximum Gasteiger partial charge on any atom is 0.307 e. The minimum Gasteiger partial charge on any atom is -0.481 e. The molecule has 0 atom stereocenters. The van der Waals surface area contributed by atoms with E-state index in [-0.39, 0.29) is 12.2 Å². The van der Waals surface area contributed by atoms with Gasteiger partial charge in [-0.3, -0.25) is 4.79 Å². The molecule has 0 heterocycles. The van der Waals surface area contributed by atoms with E-state index in [1.54, 1.807) is 25.1 Å². The summed E-state index contributed by atoms with van der Waals surface area (Å²) in [6.07, 6.45) is 2.82. The number of aryl methyl sites for hydroxylation is 1. The van der Waals surface area contributed by atoms with Crippen LogP contribution in [-0.2, 0) is 4.79 Å². The molecular formula is C11H11FO2. The van der Waals surface area contributed by atoms with Crippen LogP contribution in [0.5, 0.6) is 0 Å². The van der Waals surface area contributed by atoms with Crippen molar-refractivity contribution in [1.82, 2.24) is 0 Å². The van der Waals surface area contributed by atoms with Gasteiger partial charge >= 0.3 is 5.97 Å². The van der Waals surface area contributed by atoms with Crippen molar-refractivity contribution in [2.45, 2.75) is 13.3 Å². The summed E-state index contributed by atoms with van der Waals surface area (Å²) in [5, 5.41) is 8.37. The highest BCUT2D eigenvalue weighted by molar-refractivity contribution is 5.70. The third-order valence-electron chi connectivity index (χ3n) is 1.81. The van der Waals surface area contributed by atoms with Gasteiger partial charge in [-0.25, -0.2) is 4.39 Å². The molecule has 0 aliphatic rings. The second-order valence-electron chi connectivity index (χ2n) is 2.98. The zero-order valence-electron chi connectivity index (χ0n) is 7.83. The second-order valence-corrected chi connectivity index (χ2v) is 2.98. The molecule has 2 nitrogen and oxygen atoms in total. The zero-order chi connectivity index (χ0) is 10.6. The zero-order valence-corrected chi connectivity index (χ0v) is 7.83. The SMILES string of the molecule is Cc1cccc(C=CCC(=O)O)c1F. The largest absolute Gasteiger partial charge is 0.481 e. The van der Waals surface area contributed by atoms with E-state index in [2.05, 4.69) is 0 Å². The average Bonchev–Trinajstić information content (AvgIpc) is 2.12. The molecule has 1 rings (SSSR count). The minimum absolute atomic E-state index is 0.0899. The Morgan fingerprint density at radius 3 is 2.93 bits per heavy atom. The van der Waals surface area contributed by atoms with E-state index in [0.29, 0.717) is 11.1 Å². The lowest BCUT2D eigenvalue weighted by Crippen LogP contribution is -1.90. The summed E-state index contributed by atoms with van der Waals surface area (Å²) in [7, 11) is 0. The molecule has 14 heavy (non-hydrogen) atoms. The van der Waals surface area contributed by atoms with Crippen LogP contribution in [0.15, 0.2) is 24.3 Å². The molecule has 0 fully saturated rings. The van der Waals surface area contributed by atoms with Crippen LogP contribution in [-0.4, -0.2) is 11.1 Å². The molecule has 0 aromatic heterocycles. The lowest BCUT2D eigenvalue weighted by molar-refractivity contribution is -0.135. The summed E-state index contributed by atoms with van der Waals surface area (Å²) < 4.78 is 13.3. The van der Waals surface area contributed by atoms with Crippen molar-refractivity contribution in [2.75, 3.05) is 0 Å². The maximum absolute atomic E-state index is 13.3. The van der Waals surface area contributed by atoms with Gasteiger partial charge in [-0.05, 0) is 12.5 Å². The monoisotopic (exact) mass is 194 g/mol. The average molecular weight is 194 g/mol. The summed E-state index contributed by atoms with van der Waals surface area (Å²) in [5.74, 6) is -1.22. The minimum atomic E-state index is -0.922. The van der Waals surface area contributed by atoms with E-state index in [0.717, 1.165) is 0 Å². The Hall–Kier alpha value is -1.64. The Morgan fingerprint density at radius 2 is 2.29 bits per heavy atom. The number of halogens is 1. The van der Waals surface area contributed by atoms with Crippen molar-refractivity contribution in [2.24, 2.45) is 0 Å². The van der Waals surface area contributed by atoms with Crippen LogP contribution >= 0.6 is 0 Å². The van der Waals surface area contributed by atoms with Crippen LogP contribution in [0.3, 0.4) is 0 Å². The van der Waals surface area contributed by atoms with E-state index in [4.69, 9.17) is 5.11 Å². The predicted molar refractivity (Wildman–Crippen MR) is 52.4 cm³/mol. The molecule has 0 unspecified atom stereocenters. The van der Waals surface area contributed by atoms with Crippen LogP contribution in [0.2, 0.25) is 0 Å². The Kier molecular flexibility index (Phi) is 3.40. The smallest absolute Gasteiger partial charge is 0.307 e. The van der Waals surface area contributed by atoms with Gasteiger partial charge in [-0.1, -0.05) is 30.4 Å². The fourth-order valence-electron chi connectivity index (χ4n) is 1.09. The quantitative estimate of drug-likeness (QED) is 0.803. The highest BCUT2D eigenvalue weighted by Gasteiger charge is 2.00. The third kappa shape index (κ3) is 2.69. The second kappa shape index (κ2) is 4.56. The number of hydrogen-bond acceptors (Lipinski definition) is 1. The predicted octanol–water partition coefficient (Wildman–Crippen LogP) is 2.62. The van der Waals surface area contributed by atoms with Gasteiger partial charge in [0.25, 0.3) is 0 Å². The molecule has 0 aliphatic carbocycles. The van der Waals surface area contributed by atoms with E-state index in [9.17, 15) is 9.18 Å². The lowest BCUT2D eigenvalue weighted by Gasteiger charge is -1.99. The van der Waals surface area contributed by atoms with Gasteiger partial charge in [0.05, 0.1) is 6.42 Å². The first-order chi connectivity index (χ1) is 6.61. The van der Waals surface area contributed by atoms with Gasteiger partial charge in [0.1, 0.15) is 5.82 Å². The maximum atomic E-state index is 13.3. The van der Waals surface area contributed by atoms with Crippen molar-refractivity contribution < 1.29 is 14.3 Å². The summed E-state index contributed by atoms with van der Waals surface area (Å²) in [6, 6.07) is 5.02. The van der Waals surface area contributed by atoms with Gasteiger partial charge in [-0.15, -0.1) is 0 Å². The third-order valence-corrected chi connectivity index (χ3v) is 1.81. The molecule has 0 spiro atoms. The van der Waals surface area contributed by atoms with Crippen LogP contribution in [0.4, 0.5) is 4.39 Å². The van der Waals surface area contributed by atoms with Crippen LogP contribution in [0.25, 0.3) is 6.08 Å². The summed E-state index contributed by atoms with van der Waals surface area (Å²) in [6.45, 7) is 1.67. The normalized spacial score (nSPS) is 10.7. The fraction of sp³-hybridized carbons (Fsp3) is 0.182. The van der Waals surface area contributed by atoms with Gasteiger partial charge in [0, 0.05) is 5.56 Å². The molecule has 1 N–H and O–H groups in total. The number of aliphatic carboxylic acids is 1. The molecule has 0 bridgehead atoms. The molecule has 0 aliphatic heterocycles. The number of carbonyl (C=O) groups is 1. The molecule has 0 amide bonds. The van der Waals surface area contributed by atoms with Crippen molar-refractivity contribution in [3.05, 3.63) is 41.2 Å². The summed E-state index contributed by atoms with van der Waals surface area (Å²) in [4.78, 5) is 10.2. The first-order valence-corrected chi connectivity index (χ1v) is 4.24. The Morgan fingerprint density at radius 1 is 1.57 bits per heavy atom. The van der Waals surface area contributed by atoms with Crippen molar-refractivity contribution >= 4 is 12.0 Å². The van der Waals surface area contributed by atoms with Gasteiger partial charge in [0.15, 0.2) is 0 Å². The van der Waals surface area contributed by atoms with Gasteiger partial charge in [-0.2, -0.15) is 0 Å². The Balaban J connectivity index is 2.81. The number of benzene rings is 1. The van der Waals surface area contributed by atoms with Crippen LogP contribution in [0, 0.1) is 12.7 Å². The number of carboxylic acid groups (broad SMARTS) is 1. The molecule has 0 saturated heterocycles. The molecule has 1 aromatic rings. The number of rotatable bonds is 3. The van der Waals surface area contributed by atoms with E-state index in [1.165, 1.54) is 12.2 Å². The molecule has 0 saturated carbocycles. The fourth-order valence-corrected chi connectivity index (χ4v) is 1.09. The number of hydrogen-bond donors (Lipinski definition) is 1. The van der Waals surface area contributed by atoms with Crippen LogP contribution < -0.4 is 0 Å². The lowest BCUT2D eigenvalue weighted by atomic mass is 10.1. The summed E-state index contributed by atoms with van der Waals surface area (Å²) >= 11 is 0. The van der Waals surface area contributed by atoms with Gasteiger partial charge in [0.2, 0.25) is 0 Å². The van der Waals surface area contributed by atoms with Gasteiger partial charge < -0.3 is 5.11 Å². The van der Waals surface area contributed by atoms with Crippen LogP contribution in [0.1, 0.15) is 17.5 Å². The molecule has 0 radical (unpaired) electrons. The van der Waals surface area contributed by atoms with E-state index in [1.807, 2.05) is 0 Å². The molecule has 74 valence electrons. The first kappa shape index (κ1) is 10.4. The molecular weight excluding hydrogens is 183 g/mol. The molecule has 3 heteroatoms. The van der Waals surface area contributed by atoms with E-state index < -0.39 is 5.97 Å². The first-order valence-electron chi connectivity index (χ1n) is 4.24. The Bertz CT molecular complexity index is 370. The highest BCUT2D eigenvalue weighted by Crippen LogP contribution is 2.13. The number of carboxylic acids is 1. The summed E-state index contributed by atoms with van der Waals surface area (Å²) in [5.41, 5.74) is 0.980. The van der Waals surface area contributed by atoms with E-state index >= 15 is 0 Å². The Labute approximate surface area is 81.7 Å². The standard InChI is InChI=1S/C11H11FO2/c1-8-4-2-5-9(11(8)12)6-3-7-10(13)14/h2-6H,7H2,1H3,(H,13,14). The highest BCUT2D eigenvalue weighted by atomic mass is 19.1. The van der Waals surface area contributed by atoms with Crippen molar-refractivity contribution in [1.29, 1.82) is 0 Å².